The molecule has 1 N–H and O–H groups in total. The zero-order valence-corrected chi connectivity index (χ0v) is 10.1. The highest BCUT2D eigenvalue weighted by Crippen LogP contribution is 2.18. The van der Waals surface area contributed by atoms with E-state index in [9.17, 15) is 0 Å². The molecule has 1 fully saturated rings. The van der Waals surface area contributed by atoms with Crippen molar-refractivity contribution in [2.45, 2.75) is 6.54 Å². The molecule has 1 aliphatic rings. The number of hydrogen-bond acceptors (Lipinski definition) is 4. The van der Waals surface area contributed by atoms with Crippen LogP contribution in [0.3, 0.4) is 0 Å². The SMILES string of the molecule is COc1ccc(CN2CCNCC2)c(C#N)c1. The molecule has 1 saturated heterocycles. The summed E-state index contributed by atoms with van der Waals surface area (Å²) in [4.78, 5) is 2.36. The summed E-state index contributed by atoms with van der Waals surface area (Å²) in [5, 5.41) is 12.5. The van der Waals surface area contributed by atoms with E-state index in [0.717, 1.165) is 44.0 Å². The molecular weight excluding hydrogens is 214 g/mol. The number of nitriles is 1. The van der Waals surface area contributed by atoms with E-state index in [1.807, 2.05) is 12.1 Å². The van der Waals surface area contributed by atoms with Gasteiger partial charge in [-0.25, -0.2) is 0 Å². The molecule has 1 aromatic carbocycles. The molecule has 2 rings (SSSR count). The van der Waals surface area contributed by atoms with Gasteiger partial charge in [-0.05, 0) is 17.7 Å². The third kappa shape index (κ3) is 2.96. The van der Waals surface area contributed by atoms with Crippen LogP contribution in [-0.4, -0.2) is 38.2 Å². The van der Waals surface area contributed by atoms with Crippen molar-refractivity contribution in [2.24, 2.45) is 0 Å². The van der Waals surface area contributed by atoms with E-state index in [-0.39, 0.29) is 0 Å². The molecule has 4 heteroatoms. The number of rotatable bonds is 3. The van der Waals surface area contributed by atoms with Crippen LogP contribution in [0, 0.1) is 11.3 Å². The van der Waals surface area contributed by atoms with Gasteiger partial charge < -0.3 is 10.1 Å². The second-order valence-electron chi connectivity index (χ2n) is 4.16. The van der Waals surface area contributed by atoms with Gasteiger partial charge in [0.05, 0.1) is 18.7 Å². The smallest absolute Gasteiger partial charge is 0.120 e. The maximum atomic E-state index is 9.13. The van der Waals surface area contributed by atoms with Crippen LogP contribution in [0.2, 0.25) is 0 Å². The molecule has 0 radical (unpaired) electrons. The number of nitrogens with zero attached hydrogens (tertiary/aromatic N) is 2. The van der Waals surface area contributed by atoms with E-state index >= 15 is 0 Å². The van der Waals surface area contributed by atoms with Crippen molar-refractivity contribution in [3.05, 3.63) is 29.3 Å². The molecule has 0 unspecified atom stereocenters. The minimum atomic E-state index is 0.711. The zero-order chi connectivity index (χ0) is 12.1. The van der Waals surface area contributed by atoms with Crippen molar-refractivity contribution in [3.63, 3.8) is 0 Å². The van der Waals surface area contributed by atoms with E-state index in [4.69, 9.17) is 10.00 Å². The van der Waals surface area contributed by atoms with Gasteiger partial charge in [-0.15, -0.1) is 0 Å². The summed E-state index contributed by atoms with van der Waals surface area (Å²) in [6.07, 6.45) is 0. The van der Waals surface area contributed by atoms with E-state index in [2.05, 4.69) is 16.3 Å². The Bertz CT molecular complexity index is 419. The minimum Gasteiger partial charge on any atom is -0.497 e. The van der Waals surface area contributed by atoms with Crippen molar-refractivity contribution < 1.29 is 4.74 Å². The molecule has 1 heterocycles. The number of ether oxygens (including phenoxy) is 1. The van der Waals surface area contributed by atoms with Crippen LogP contribution < -0.4 is 10.1 Å². The molecule has 0 aliphatic carbocycles. The normalized spacial score (nSPS) is 16.5. The van der Waals surface area contributed by atoms with Gasteiger partial charge in [0.15, 0.2) is 0 Å². The number of methoxy groups -OCH3 is 1. The highest BCUT2D eigenvalue weighted by Gasteiger charge is 2.12. The van der Waals surface area contributed by atoms with Crippen LogP contribution in [0.25, 0.3) is 0 Å². The van der Waals surface area contributed by atoms with Crippen molar-refractivity contribution in [2.75, 3.05) is 33.3 Å². The highest BCUT2D eigenvalue weighted by molar-refractivity contribution is 5.43. The molecule has 4 nitrogen and oxygen atoms in total. The second kappa shape index (κ2) is 5.67. The predicted molar refractivity (Wildman–Crippen MR) is 65.9 cm³/mol. The number of hydrogen-bond donors (Lipinski definition) is 1. The highest BCUT2D eigenvalue weighted by atomic mass is 16.5. The van der Waals surface area contributed by atoms with Gasteiger partial charge in [-0.3, -0.25) is 4.90 Å². The van der Waals surface area contributed by atoms with Gasteiger partial charge in [0.1, 0.15) is 5.75 Å². The van der Waals surface area contributed by atoms with Gasteiger partial charge in [-0.2, -0.15) is 5.26 Å². The largest absolute Gasteiger partial charge is 0.497 e. The van der Waals surface area contributed by atoms with Gasteiger partial charge >= 0.3 is 0 Å². The Labute approximate surface area is 102 Å². The number of nitrogens with one attached hydrogen (secondary N) is 1. The third-order valence-electron chi connectivity index (χ3n) is 3.04. The van der Waals surface area contributed by atoms with Crippen LogP contribution >= 0.6 is 0 Å². The first-order valence-electron chi connectivity index (χ1n) is 5.83. The van der Waals surface area contributed by atoms with Crippen molar-refractivity contribution in [3.8, 4) is 11.8 Å². The average molecular weight is 231 g/mol. The van der Waals surface area contributed by atoms with E-state index < -0.39 is 0 Å². The van der Waals surface area contributed by atoms with Gasteiger partial charge in [0.2, 0.25) is 0 Å². The molecular formula is C13H17N3O. The monoisotopic (exact) mass is 231 g/mol. The Morgan fingerprint density at radius 3 is 2.82 bits per heavy atom. The summed E-state index contributed by atoms with van der Waals surface area (Å²) < 4.78 is 5.13. The molecule has 1 aliphatic heterocycles. The van der Waals surface area contributed by atoms with Crippen molar-refractivity contribution in [1.82, 2.24) is 10.2 Å². The van der Waals surface area contributed by atoms with Gasteiger partial charge in [-0.1, -0.05) is 6.07 Å². The fraction of sp³-hybridized carbons (Fsp3) is 0.462. The maximum Gasteiger partial charge on any atom is 0.120 e. The first-order chi connectivity index (χ1) is 8.33. The summed E-state index contributed by atoms with van der Waals surface area (Å²) in [5.41, 5.74) is 1.79. The van der Waals surface area contributed by atoms with Crippen molar-refractivity contribution in [1.29, 1.82) is 5.26 Å². The molecule has 0 saturated carbocycles. The quantitative estimate of drug-likeness (QED) is 0.842. The standard InChI is InChI=1S/C13H17N3O/c1-17-13-3-2-11(12(8-13)9-14)10-16-6-4-15-5-7-16/h2-3,8,15H,4-7,10H2,1H3. The van der Waals surface area contributed by atoms with Crippen LogP contribution in [0.4, 0.5) is 0 Å². The molecule has 90 valence electrons. The molecule has 0 bridgehead atoms. The first-order valence-corrected chi connectivity index (χ1v) is 5.83. The Balaban J connectivity index is 2.12. The second-order valence-corrected chi connectivity index (χ2v) is 4.16. The number of benzene rings is 1. The summed E-state index contributed by atoms with van der Waals surface area (Å²) in [5.74, 6) is 0.741. The first kappa shape index (κ1) is 11.9. The van der Waals surface area contributed by atoms with E-state index in [1.54, 1.807) is 13.2 Å². The molecule has 17 heavy (non-hydrogen) atoms. The minimum absolute atomic E-state index is 0.711. The molecule has 1 aromatic rings. The fourth-order valence-corrected chi connectivity index (χ4v) is 2.03. The van der Waals surface area contributed by atoms with Crippen LogP contribution in [0.5, 0.6) is 5.75 Å². The van der Waals surface area contributed by atoms with E-state index in [1.165, 1.54) is 0 Å². The Hall–Kier alpha value is -1.57. The molecule has 0 aromatic heterocycles. The van der Waals surface area contributed by atoms with Crippen LogP contribution in [-0.2, 0) is 6.54 Å². The third-order valence-corrected chi connectivity index (χ3v) is 3.04. The lowest BCUT2D eigenvalue weighted by molar-refractivity contribution is 0.233. The Morgan fingerprint density at radius 2 is 2.18 bits per heavy atom. The number of piperazine rings is 1. The Kier molecular flexibility index (Phi) is 3.97. The van der Waals surface area contributed by atoms with Crippen LogP contribution in [0.1, 0.15) is 11.1 Å². The Morgan fingerprint density at radius 1 is 1.41 bits per heavy atom. The topological polar surface area (TPSA) is 48.3 Å². The average Bonchev–Trinajstić information content (AvgIpc) is 2.40. The lowest BCUT2D eigenvalue weighted by Gasteiger charge is -2.27. The molecule has 0 amide bonds. The van der Waals surface area contributed by atoms with E-state index in [0.29, 0.717) is 5.56 Å². The fourth-order valence-electron chi connectivity index (χ4n) is 2.03. The van der Waals surface area contributed by atoms with Crippen LogP contribution in [0.15, 0.2) is 18.2 Å². The summed E-state index contributed by atoms with van der Waals surface area (Å²) in [7, 11) is 1.62. The predicted octanol–water partition coefficient (Wildman–Crippen LogP) is 0.972. The van der Waals surface area contributed by atoms with Gasteiger partial charge in [0.25, 0.3) is 0 Å². The lowest BCUT2D eigenvalue weighted by Crippen LogP contribution is -2.43. The van der Waals surface area contributed by atoms with Crippen molar-refractivity contribution >= 4 is 0 Å². The zero-order valence-electron chi connectivity index (χ0n) is 10.1. The maximum absolute atomic E-state index is 9.13. The summed E-state index contributed by atoms with van der Waals surface area (Å²) >= 11 is 0. The summed E-state index contributed by atoms with van der Waals surface area (Å²) in [6.45, 7) is 4.97. The van der Waals surface area contributed by atoms with Gasteiger partial charge in [0, 0.05) is 32.7 Å². The lowest BCUT2D eigenvalue weighted by atomic mass is 10.1. The molecule has 0 spiro atoms. The summed E-state index contributed by atoms with van der Waals surface area (Å²) in [6, 6.07) is 7.94. The molecule has 0 atom stereocenters.